The second-order valence-corrected chi connectivity index (χ2v) is 5.18. The van der Waals surface area contributed by atoms with Crippen LogP contribution < -0.4 is 5.73 Å². The lowest BCUT2D eigenvalue weighted by molar-refractivity contribution is 0.108. The molecule has 0 fully saturated rings. The third-order valence-electron chi connectivity index (χ3n) is 3.84. The number of hydrogen-bond donors (Lipinski definition) is 1. The van der Waals surface area contributed by atoms with E-state index in [9.17, 15) is 0 Å². The normalized spacial score (nSPS) is 12.8. The Balaban J connectivity index is 2.87. The minimum atomic E-state index is 0.244. The van der Waals surface area contributed by atoms with Gasteiger partial charge in [-0.2, -0.15) is 0 Å². The topological polar surface area (TPSA) is 47.7 Å². The van der Waals surface area contributed by atoms with E-state index < -0.39 is 0 Å². The number of rotatable bonds is 11. The first-order valence-corrected chi connectivity index (χ1v) is 7.78. The lowest BCUT2D eigenvalue weighted by atomic mass is 9.97. The van der Waals surface area contributed by atoms with Gasteiger partial charge in [0.25, 0.3) is 0 Å². The van der Waals surface area contributed by atoms with Gasteiger partial charge in [-0.05, 0) is 24.0 Å². The SMILES string of the molecule is CCc1ccccc1C(CN)N(CCCOC)CCOC. The molecule has 0 saturated heterocycles. The molecule has 0 radical (unpaired) electrons. The van der Waals surface area contributed by atoms with Crippen LogP contribution in [0, 0.1) is 0 Å². The van der Waals surface area contributed by atoms with Crippen LogP contribution >= 0.6 is 0 Å². The van der Waals surface area contributed by atoms with E-state index in [0.29, 0.717) is 6.54 Å². The van der Waals surface area contributed by atoms with Gasteiger partial charge in [0, 0.05) is 46.5 Å². The average molecular weight is 294 g/mol. The first-order chi connectivity index (χ1) is 10.3. The summed E-state index contributed by atoms with van der Waals surface area (Å²) >= 11 is 0. The quantitative estimate of drug-likeness (QED) is 0.636. The Morgan fingerprint density at radius 2 is 1.81 bits per heavy atom. The van der Waals surface area contributed by atoms with Crippen LogP contribution in [0.25, 0.3) is 0 Å². The summed E-state index contributed by atoms with van der Waals surface area (Å²) in [6.07, 6.45) is 2.04. The van der Waals surface area contributed by atoms with Crippen LogP contribution in [0.3, 0.4) is 0 Å². The number of methoxy groups -OCH3 is 2. The molecule has 1 unspecified atom stereocenters. The van der Waals surface area contributed by atoms with Crippen molar-refractivity contribution >= 4 is 0 Å². The lowest BCUT2D eigenvalue weighted by Gasteiger charge is -2.32. The van der Waals surface area contributed by atoms with Crippen LogP contribution in [0.2, 0.25) is 0 Å². The number of aryl methyl sites for hydroxylation is 1. The van der Waals surface area contributed by atoms with Gasteiger partial charge in [-0.15, -0.1) is 0 Å². The van der Waals surface area contributed by atoms with Gasteiger partial charge in [-0.3, -0.25) is 4.90 Å². The molecule has 0 spiro atoms. The molecule has 0 aliphatic carbocycles. The second-order valence-electron chi connectivity index (χ2n) is 5.18. The fourth-order valence-corrected chi connectivity index (χ4v) is 2.70. The van der Waals surface area contributed by atoms with Gasteiger partial charge in [-0.25, -0.2) is 0 Å². The van der Waals surface area contributed by atoms with E-state index in [-0.39, 0.29) is 6.04 Å². The summed E-state index contributed by atoms with van der Waals surface area (Å²) in [5.41, 5.74) is 8.81. The summed E-state index contributed by atoms with van der Waals surface area (Å²) in [5.74, 6) is 0. The van der Waals surface area contributed by atoms with Crippen molar-refractivity contribution in [3.63, 3.8) is 0 Å². The summed E-state index contributed by atoms with van der Waals surface area (Å²) in [5, 5.41) is 0. The van der Waals surface area contributed by atoms with Gasteiger partial charge in [0.15, 0.2) is 0 Å². The van der Waals surface area contributed by atoms with Gasteiger partial charge in [0.1, 0.15) is 0 Å². The number of nitrogens with two attached hydrogens (primary N) is 1. The molecular formula is C17H30N2O2. The monoisotopic (exact) mass is 294 g/mol. The summed E-state index contributed by atoms with van der Waals surface area (Å²) in [7, 11) is 3.48. The van der Waals surface area contributed by atoms with Crippen molar-refractivity contribution in [2.24, 2.45) is 5.73 Å². The fourth-order valence-electron chi connectivity index (χ4n) is 2.70. The zero-order chi connectivity index (χ0) is 15.5. The molecule has 1 rings (SSSR count). The average Bonchev–Trinajstić information content (AvgIpc) is 2.53. The summed E-state index contributed by atoms with van der Waals surface area (Å²) in [6, 6.07) is 8.84. The maximum Gasteiger partial charge on any atom is 0.0589 e. The Hall–Kier alpha value is -0.940. The standard InChI is InChI=1S/C17H30N2O2/c1-4-15-8-5-6-9-16(15)17(14-18)19(11-13-21-3)10-7-12-20-2/h5-6,8-9,17H,4,7,10-14,18H2,1-3H3. The molecule has 120 valence electrons. The van der Waals surface area contributed by atoms with E-state index >= 15 is 0 Å². The van der Waals surface area contributed by atoms with Crippen molar-refractivity contribution in [2.75, 3.05) is 47.1 Å². The fraction of sp³-hybridized carbons (Fsp3) is 0.647. The molecule has 0 bridgehead atoms. The summed E-state index contributed by atoms with van der Waals surface area (Å²) < 4.78 is 10.4. The minimum Gasteiger partial charge on any atom is -0.385 e. The lowest BCUT2D eigenvalue weighted by Crippen LogP contribution is -2.37. The second kappa shape index (κ2) is 10.7. The van der Waals surface area contributed by atoms with Crippen molar-refractivity contribution in [2.45, 2.75) is 25.8 Å². The highest BCUT2D eigenvalue weighted by Gasteiger charge is 2.20. The largest absolute Gasteiger partial charge is 0.385 e. The predicted octanol–water partition coefficient (Wildman–Crippen LogP) is 2.23. The number of benzene rings is 1. The Labute approximate surface area is 129 Å². The van der Waals surface area contributed by atoms with E-state index in [1.165, 1.54) is 11.1 Å². The predicted molar refractivity (Wildman–Crippen MR) is 87.6 cm³/mol. The van der Waals surface area contributed by atoms with Crippen molar-refractivity contribution in [3.05, 3.63) is 35.4 Å². The van der Waals surface area contributed by atoms with Crippen LogP contribution in [-0.4, -0.2) is 52.0 Å². The molecule has 4 heteroatoms. The molecule has 1 atom stereocenters. The van der Waals surface area contributed by atoms with Gasteiger partial charge < -0.3 is 15.2 Å². The van der Waals surface area contributed by atoms with E-state index in [0.717, 1.165) is 39.1 Å². The number of ether oxygens (including phenoxy) is 2. The van der Waals surface area contributed by atoms with E-state index in [1.807, 2.05) is 0 Å². The van der Waals surface area contributed by atoms with Crippen LogP contribution in [-0.2, 0) is 15.9 Å². The first-order valence-electron chi connectivity index (χ1n) is 7.78. The molecule has 0 saturated carbocycles. The van der Waals surface area contributed by atoms with Crippen LogP contribution in [0.15, 0.2) is 24.3 Å². The molecule has 4 nitrogen and oxygen atoms in total. The van der Waals surface area contributed by atoms with Crippen molar-refractivity contribution in [1.82, 2.24) is 4.90 Å². The molecule has 1 aromatic rings. The van der Waals surface area contributed by atoms with Crippen molar-refractivity contribution in [3.8, 4) is 0 Å². The Kier molecular flexibility index (Phi) is 9.26. The van der Waals surface area contributed by atoms with Crippen LogP contribution in [0.5, 0.6) is 0 Å². The van der Waals surface area contributed by atoms with Crippen molar-refractivity contribution in [1.29, 1.82) is 0 Å². The number of nitrogens with zero attached hydrogens (tertiary/aromatic N) is 1. The van der Waals surface area contributed by atoms with Gasteiger partial charge in [0.05, 0.1) is 6.61 Å². The molecule has 0 amide bonds. The number of hydrogen-bond acceptors (Lipinski definition) is 4. The van der Waals surface area contributed by atoms with E-state index in [2.05, 4.69) is 36.1 Å². The molecular weight excluding hydrogens is 264 g/mol. The van der Waals surface area contributed by atoms with Crippen molar-refractivity contribution < 1.29 is 9.47 Å². The van der Waals surface area contributed by atoms with Gasteiger partial charge >= 0.3 is 0 Å². The molecule has 21 heavy (non-hydrogen) atoms. The molecule has 0 aromatic heterocycles. The Morgan fingerprint density at radius 3 is 2.43 bits per heavy atom. The summed E-state index contributed by atoms with van der Waals surface area (Å²) in [4.78, 5) is 2.41. The summed E-state index contributed by atoms with van der Waals surface area (Å²) in [6.45, 7) is 6.16. The molecule has 0 heterocycles. The maximum absolute atomic E-state index is 6.09. The molecule has 2 N–H and O–H groups in total. The zero-order valence-electron chi connectivity index (χ0n) is 13.7. The van der Waals surface area contributed by atoms with Crippen LogP contribution in [0.4, 0.5) is 0 Å². The first kappa shape index (κ1) is 18.1. The highest BCUT2D eigenvalue weighted by atomic mass is 16.5. The highest BCUT2D eigenvalue weighted by molar-refractivity contribution is 5.30. The van der Waals surface area contributed by atoms with Gasteiger partial charge in [0.2, 0.25) is 0 Å². The zero-order valence-corrected chi connectivity index (χ0v) is 13.7. The maximum atomic E-state index is 6.09. The molecule has 1 aromatic carbocycles. The third-order valence-corrected chi connectivity index (χ3v) is 3.84. The molecule has 0 aliphatic heterocycles. The van der Waals surface area contributed by atoms with Gasteiger partial charge in [-0.1, -0.05) is 31.2 Å². The van der Waals surface area contributed by atoms with E-state index in [1.54, 1.807) is 14.2 Å². The Bertz CT molecular complexity index is 385. The smallest absolute Gasteiger partial charge is 0.0589 e. The van der Waals surface area contributed by atoms with Crippen LogP contribution in [0.1, 0.15) is 30.5 Å². The van der Waals surface area contributed by atoms with E-state index in [4.69, 9.17) is 15.2 Å². The minimum absolute atomic E-state index is 0.244. The molecule has 0 aliphatic rings. The third kappa shape index (κ3) is 5.75. The highest BCUT2D eigenvalue weighted by Crippen LogP contribution is 2.24. The Morgan fingerprint density at radius 1 is 1.10 bits per heavy atom.